The number of ketones is 1. The summed E-state index contributed by atoms with van der Waals surface area (Å²) >= 11 is 5.79. The maximum Gasteiger partial charge on any atom is 0.325 e. The summed E-state index contributed by atoms with van der Waals surface area (Å²) in [6.07, 6.45) is 0. The van der Waals surface area contributed by atoms with Gasteiger partial charge < -0.3 is 5.32 Å². The minimum absolute atomic E-state index is 0.131. The first kappa shape index (κ1) is 18.5. The average Bonchev–Trinajstić information content (AvgIpc) is 2.86. The zero-order chi connectivity index (χ0) is 19.8. The van der Waals surface area contributed by atoms with Crippen molar-refractivity contribution in [3.05, 3.63) is 74.8 Å². The van der Waals surface area contributed by atoms with Gasteiger partial charge in [-0.3, -0.25) is 24.6 Å². The van der Waals surface area contributed by atoms with Gasteiger partial charge in [0.15, 0.2) is 5.78 Å². The number of rotatable bonds is 5. The Morgan fingerprint density at radius 3 is 2.30 bits per heavy atom. The maximum absolute atomic E-state index is 12.8. The van der Waals surface area contributed by atoms with Gasteiger partial charge in [-0.1, -0.05) is 11.6 Å². The maximum atomic E-state index is 12.8. The van der Waals surface area contributed by atoms with Crippen molar-refractivity contribution in [3.63, 3.8) is 0 Å². The van der Waals surface area contributed by atoms with E-state index in [9.17, 15) is 24.5 Å². The van der Waals surface area contributed by atoms with Gasteiger partial charge in [0, 0.05) is 22.7 Å². The van der Waals surface area contributed by atoms with Crippen LogP contribution in [0.4, 0.5) is 10.5 Å². The van der Waals surface area contributed by atoms with Crippen molar-refractivity contribution in [1.82, 2.24) is 10.2 Å². The second-order valence-corrected chi connectivity index (χ2v) is 6.62. The number of benzene rings is 2. The Bertz CT molecular complexity index is 942. The van der Waals surface area contributed by atoms with Gasteiger partial charge in [0.05, 0.1) is 11.5 Å². The number of amides is 3. The van der Waals surface area contributed by atoms with Crippen molar-refractivity contribution in [2.24, 2.45) is 0 Å². The first-order chi connectivity index (χ1) is 12.7. The summed E-state index contributed by atoms with van der Waals surface area (Å²) in [6.45, 7) is 1.07. The van der Waals surface area contributed by atoms with E-state index in [2.05, 4.69) is 5.32 Å². The SMILES string of the molecule is C[C@@]1(c2ccc([N+](=O)[O-])cc2)NC(=O)N(CC(=O)c2ccc(Cl)cc2)C1=O. The largest absolute Gasteiger partial charge is 0.325 e. The van der Waals surface area contributed by atoms with E-state index in [0.29, 0.717) is 16.1 Å². The number of hydrogen-bond acceptors (Lipinski definition) is 5. The van der Waals surface area contributed by atoms with Crippen molar-refractivity contribution in [2.75, 3.05) is 6.54 Å². The van der Waals surface area contributed by atoms with E-state index < -0.39 is 34.7 Å². The summed E-state index contributed by atoms with van der Waals surface area (Å²) in [4.78, 5) is 48.5. The molecule has 0 aliphatic carbocycles. The summed E-state index contributed by atoms with van der Waals surface area (Å²) in [7, 11) is 0. The monoisotopic (exact) mass is 387 g/mol. The molecule has 27 heavy (non-hydrogen) atoms. The molecule has 0 unspecified atom stereocenters. The molecule has 1 aliphatic rings. The molecule has 0 radical (unpaired) electrons. The highest BCUT2D eigenvalue weighted by Crippen LogP contribution is 2.30. The predicted molar refractivity (Wildman–Crippen MR) is 96.5 cm³/mol. The molecule has 1 atom stereocenters. The van der Waals surface area contributed by atoms with E-state index in [0.717, 1.165) is 4.90 Å². The normalized spacial score (nSPS) is 19.1. The van der Waals surface area contributed by atoms with Gasteiger partial charge in [-0.25, -0.2) is 4.79 Å². The summed E-state index contributed by atoms with van der Waals surface area (Å²) in [6, 6.07) is 10.7. The molecule has 0 aromatic heterocycles. The fourth-order valence-electron chi connectivity index (χ4n) is 2.82. The van der Waals surface area contributed by atoms with Crippen molar-refractivity contribution < 1.29 is 19.3 Å². The van der Waals surface area contributed by atoms with Gasteiger partial charge >= 0.3 is 6.03 Å². The molecule has 3 rings (SSSR count). The van der Waals surface area contributed by atoms with Crippen LogP contribution in [0.3, 0.4) is 0 Å². The molecule has 1 heterocycles. The molecule has 0 spiro atoms. The molecule has 1 saturated heterocycles. The van der Waals surface area contributed by atoms with Crippen LogP contribution in [0.25, 0.3) is 0 Å². The molecule has 9 heteroatoms. The Balaban J connectivity index is 1.82. The first-order valence-electron chi connectivity index (χ1n) is 7.90. The molecule has 1 N–H and O–H groups in total. The van der Waals surface area contributed by atoms with Crippen molar-refractivity contribution >= 4 is 35.0 Å². The minimum Gasteiger partial charge on any atom is -0.319 e. The van der Waals surface area contributed by atoms with Gasteiger partial charge in [0.1, 0.15) is 5.54 Å². The lowest BCUT2D eigenvalue weighted by molar-refractivity contribution is -0.384. The summed E-state index contributed by atoms with van der Waals surface area (Å²) in [5, 5.41) is 13.8. The summed E-state index contributed by atoms with van der Waals surface area (Å²) in [5.41, 5.74) is -0.835. The molecular weight excluding hydrogens is 374 g/mol. The number of nitro groups is 1. The zero-order valence-electron chi connectivity index (χ0n) is 14.1. The third kappa shape index (κ3) is 3.39. The number of nitro benzene ring substituents is 1. The highest BCUT2D eigenvalue weighted by molar-refractivity contribution is 6.30. The van der Waals surface area contributed by atoms with E-state index in [1.165, 1.54) is 43.3 Å². The number of nitrogens with one attached hydrogen (secondary N) is 1. The Kier molecular flexibility index (Phi) is 4.67. The van der Waals surface area contributed by atoms with Gasteiger partial charge in [0.25, 0.3) is 11.6 Å². The zero-order valence-corrected chi connectivity index (χ0v) is 14.9. The molecule has 2 aromatic rings. The van der Waals surface area contributed by atoms with Crippen LogP contribution < -0.4 is 5.32 Å². The third-order valence-electron chi connectivity index (χ3n) is 4.40. The van der Waals surface area contributed by atoms with Crippen molar-refractivity contribution in [1.29, 1.82) is 0 Å². The van der Waals surface area contributed by atoms with Gasteiger partial charge in [-0.15, -0.1) is 0 Å². The number of carbonyl (C=O) groups excluding carboxylic acids is 3. The number of halogens is 1. The van der Waals surface area contributed by atoms with Crippen LogP contribution in [0.1, 0.15) is 22.8 Å². The number of hydrogen-bond donors (Lipinski definition) is 1. The molecule has 3 amide bonds. The van der Waals surface area contributed by atoms with E-state index in [1.54, 1.807) is 12.1 Å². The van der Waals surface area contributed by atoms with E-state index in [1.807, 2.05) is 0 Å². The van der Waals surface area contributed by atoms with Crippen molar-refractivity contribution in [3.8, 4) is 0 Å². The fraction of sp³-hybridized carbons (Fsp3) is 0.167. The highest BCUT2D eigenvalue weighted by atomic mass is 35.5. The number of carbonyl (C=O) groups is 3. The number of non-ortho nitro benzene ring substituents is 1. The van der Waals surface area contributed by atoms with Gasteiger partial charge in [0.2, 0.25) is 0 Å². The quantitative estimate of drug-likeness (QED) is 0.367. The van der Waals surface area contributed by atoms with E-state index in [-0.39, 0.29) is 5.69 Å². The summed E-state index contributed by atoms with van der Waals surface area (Å²) in [5.74, 6) is -1.02. The van der Waals surface area contributed by atoms with Crippen molar-refractivity contribution in [2.45, 2.75) is 12.5 Å². The second kappa shape index (κ2) is 6.81. The first-order valence-corrected chi connectivity index (χ1v) is 8.28. The van der Waals surface area contributed by atoms with Crippen LogP contribution in [0.2, 0.25) is 5.02 Å². The number of nitrogens with zero attached hydrogens (tertiary/aromatic N) is 2. The van der Waals surface area contributed by atoms with Crippen LogP contribution in [-0.4, -0.2) is 34.1 Å². The lowest BCUT2D eigenvalue weighted by Gasteiger charge is -2.22. The lowest BCUT2D eigenvalue weighted by atomic mass is 9.92. The second-order valence-electron chi connectivity index (χ2n) is 6.18. The third-order valence-corrected chi connectivity index (χ3v) is 4.65. The summed E-state index contributed by atoms with van der Waals surface area (Å²) < 4.78 is 0. The Morgan fingerprint density at radius 2 is 1.74 bits per heavy atom. The fourth-order valence-corrected chi connectivity index (χ4v) is 2.95. The van der Waals surface area contributed by atoms with E-state index >= 15 is 0 Å². The molecule has 138 valence electrons. The van der Waals surface area contributed by atoms with Crippen LogP contribution in [0.15, 0.2) is 48.5 Å². The average molecular weight is 388 g/mol. The standard InChI is InChI=1S/C18H14ClN3O5/c1-18(12-4-8-14(9-5-12)22(26)27)16(24)21(17(25)20-18)10-15(23)11-2-6-13(19)7-3-11/h2-9H,10H2,1H3,(H,20,25)/t18-/m0/s1. The molecular formula is C18H14ClN3O5. The molecule has 1 aliphatic heterocycles. The smallest absolute Gasteiger partial charge is 0.319 e. The van der Waals surface area contributed by atoms with Crippen LogP contribution in [-0.2, 0) is 10.3 Å². The molecule has 0 bridgehead atoms. The van der Waals surface area contributed by atoms with Gasteiger partial charge in [-0.05, 0) is 48.9 Å². The van der Waals surface area contributed by atoms with Gasteiger partial charge in [-0.2, -0.15) is 0 Å². The van der Waals surface area contributed by atoms with E-state index in [4.69, 9.17) is 11.6 Å². The Morgan fingerprint density at radius 1 is 1.15 bits per heavy atom. The minimum atomic E-state index is -1.41. The lowest BCUT2D eigenvalue weighted by Crippen LogP contribution is -2.41. The number of urea groups is 1. The topological polar surface area (TPSA) is 110 Å². The molecule has 1 fully saturated rings. The Labute approximate surface area is 158 Å². The number of imide groups is 1. The molecule has 2 aromatic carbocycles. The molecule has 8 nitrogen and oxygen atoms in total. The predicted octanol–water partition coefficient (Wildman–Crippen LogP) is 2.90. The van der Waals surface area contributed by atoms with Crippen LogP contribution in [0.5, 0.6) is 0 Å². The molecule has 0 saturated carbocycles. The highest BCUT2D eigenvalue weighted by Gasteiger charge is 2.49. The number of Topliss-reactive ketones (excluding diaryl/α,β-unsaturated/α-hetero) is 1. The van der Waals surface area contributed by atoms with Crippen LogP contribution >= 0.6 is 11.6 Å². The Hall–Kier alpha value is -3.26. The van der Waals surface area contributed by atoms with Crippen LogP contribution in [0, 0.1) is 10.1 Å².